The molecule has 2 atom stereocenters. The van der Waals surface area contributed by atoms with Crippen LogP contribution in [0.1, 0.15) is 32.6 Å². The molecule has 2 N–H and O–H groups in total. The molecule has 1 rings (SSSR count). The number of hydrogen-bond donors (Lipinski definition) is 2. The van der Waals surface area contributed by atoms with Crippen molar-refractivity contribution in [1.82, 2.24) is 10.0 Å². The number of sulfonamides is 1. The normalized spacial score (nSPS) is 23.5. The van der Waals surface area contributed by atoms with Crippen molar-refractivity contribution in [3.8, 4) is 0 Å². The Morgan fingerprint density at radius 3 is 2.76 bits per heavy atom. The molecule has 0 aliphatic carbocycles. The van der Waals surface area contributed by atoms with Crippen molar-refractivity contribution >= 4 is 10.0 Å². The van der Waals surface area contributed by atoms with Crippen LogP contribution >= 0.6 is 0 Å². The molecule has 1 saturated heterocycles. The Kier molecular flexibility index (Phi) is 6.40. The lowest BCUT2D eigenvalue weighted by molar-refractivity contribution is 0.0123. The Morgan fingerprint density at radius 2 is 2.18 bits per heavy atom. The van der Waals surface area contributed by atoms with Crippen LogP contribution in [0.5, 0.6) is 0 Å². The highest BCUT2D eigenvalue weighted by Crippen LogP contribution is 2.15. The van der Waals surface area contributed by atoms with E-state index in [1.807, 2.05) is 0 Å². The molecular weight excluding hydrogens is 240 g/mol. The third-order valence-electron chi connectivity index (χ3n) is 3.06. The molecule has 0 spiro atoms. The van der Waals surface area contributed by atoms with Gasteiger partial charge in [0.2, 0.25) is 10.0 Å². The van der Waals surface area contributed by atoms with Crippen molar-refractivity contribution in [2.45, 2.75) is 44.0 Å². The maximum absolute atomic E-state index is 11.8. The van der Waals surface area contributed by atoms with Gasteiger partial charge in [0.25, 0.3) is 0 Å². The predicted octanol–water partition coefficient (Wildman–Crippen LogP) is 0.473. The van der Waals surface area contributed by atoms with E-state index in [0.717, 1.165) is 25.9 Å². The van der Waals surface area contributed by atoms with Crippen LogP contribution in [-0.2, 0) is 14.8 Å². The van der Waals surface area contributed by atoms with Gasteiger partial charge >= 0.3 is 0 Å². The van der Waals surface area contributed by atoms with Gasteiger partial charge in [-0.05, 0) is 39.7 Å². The molecule has 17 heavy (non-hydrogen) atoms. The summed E-state index contributed by atoms with van der Waals surface area (Å²) in [5, 5.41) is 2.47. The van der Waals surface area contributed by atoms with Crippen LogP contribution < -0.4 is 10.0 Å². The van der Waals surface area contributed by atoms with Crippen molar-refractivity contribution in [3.63, 3.8) is 0 Å². The third kappa shape index (κ3) is 5.33. The molecule has 5 nitrogen and oxygen atoms in total. The summed E-state index contributed by atoms with van der Waals surface area (Å²) in [6, 6.07) is 0. The van der Waals surface area contributed by atoms with E-state index < -0.39 is 15.3 Å². The fourth-order valence-electron chi connectivity index (χ4n) is 1.94. The maximum atomic E-state index is 11.8. The Labute approximate surface area is 104 Å². The second-order valence-corrected chi connectivity index (χ2v) is 6.77. The van der Waals surface area contributed by atoms with Gasteiger partial charge in [0.1, 0.15) is 0 Å². The van der Waals surface area contributed by atoms with E-state index >= 15 is 0 Å². The van der Waals surface area contributed by atoms with Crippen LogP contribution in [0, 0.1) is 0 Å². The van der Waals surface area contributed by atoms with Crippen molar-refractivity contribution in [1.29, 1.82) is 0 Å². The minimum atomic E-state index is -3.19. The summed E-state index contributed by atoms with van der Waals surface area (Å²) < 4.78 is 31.7. The molecule has 1 aliphatic heterocycles. The second-order valence-electron chi connectivity index (χ2n) is 4.58. The Balaban J connectivity index is 2.24. The quantitative estimate of drug-likeness (QED) is 0.701. The van der Waals surface area contributed by atoms with Gasteiger partial charge < -0.3 is 10.1 Å². The Bertz CT molecular complexity index is 300. The fraction of sp³-hybridized carbons (Fsp3) is 1.00. The van der Waals surface area contributed by atoms with E-state index in [1.54, 1.807) is 14.0 Å². The third-order valence-corrected chi connectivity index (χ3v) is 4.90. The average Bonchev–Trinajstić information content (AvgIpc) is 2.30. The van der Waals surface area contributed by atoms with E-state index in [9.17, 15) is 8.42 Å². The average molecular weight is 264 g/mol. The molecule has 0 aromatic carbocycles. The lowest BCUT2D eigenvalue weighted by atomic mass is 10.1. The molecule has 1 heterocycles. The molecule has 6 heteroatoms. The molecule has 102 valence electrons. The van der Waals surface area contributed by atoms with Crippen LogP contribution in [0.2, 0.25) is 0 Å². The molecule has 0 radical (unpaired) electrons. The van der Waals surface area contributed by atoms with Crippen LogP contribution in [0.3, 0.4) is 0 Å². The summed E-state index contributed by atoms with van der Waals surface area (Å²) in [5.41, 5.74) is 0. The van der Waals surface area contributed by atoms with Gasteiger partial charge in [-0.15, -0.1) is 0 Å². The van der Waals surface area contributed by atoms with E-state index in [2.05, 4.69) is 10.0 Å². The minimum absolute atomic E-state index is 0.228. The number of rotatable bonds is 7. The first-order valence-electron chi connectivity index (χ1n) is 6.31. The molecule has 1 fully saturated rings. The topological polar surface area (TPSA) is 67.4 Å². The van der Waals surface area contributed by atoms with Gasteiger partial charge in [0, 0.05) is 19.7 Å². The SMILES string of the molecule is CNCC(C)S(=O)(=O)NCCC1CCCCO1. The summed E-state index contributed by atoms with van der Waals surface area (Å²) in [4.78, 5) is 0. The Hall–Kier alpha value is -0.170. The maximum Gasteiger partial charge on any atom is 0.215 e. The lowest BCUT2D eigenvalue weighted by Gasteiger charge is -2.23. The number of nitrogens with one attached hydrogen (secondary N) is 2. The van der Waals surface area contributed by atoms with Crippen LogP contribution in [-0.4, -0.2) is 46.5 Å². The summed E-state index contributed by atoms with van der Waals surface area (Å²) in [6.45, 7) is 3.46. The van der Waals surface area contributed by atoms with Crippen molar-refractivity contribution in [3.05, 3.63) is 0 Å². The van der Waals surface area contributed by atoms with Gasteiger partial charge in [-0.1, -0.05) is 0 Å². The summed E-state index contributed by atoms with van der Waals surface area (Å²) in [6.07, 6.45) is 4.36. The molecule has 1 aliphatic rings. The first kappa shape index (κ1) is 14.9. The van der Waals surface area contributed by atoms with Crippen molar-refractivity contribution in [2.75, 3.05) is 26.7 Å². The van der Waals surface area contributed by atoms with Gasteiger partial charge in [-0.2, -0.15) is 0 Å². The molecule has 0 bridgehead atoms. The standard InChI is InChI=1S/C11H24N2O3S/c1-10(9-12-2)17(14,15)13-7-6-11-5-3-4-8-16-11/h10-13H,3-9H2,1-2H3. The van der Waals surface area contributed by atoms with Gasteiger partial charge in [0.15, 0.2) is 0 Å². The van der Waals surface area contributed by atoms with Gasteiger partial charge in [-0.3, -0.25) is 0 Å². The zero-order chi connectivity index (χ0) is 12.7. The zero-order valence-electron chi connectivity index (χ0n) is 10.7. The first-order valence-corrected chi connectivity index (χ1v) is 7.85. The monoisotopic (exact) mass is 264 g/mol. The smallest absolute Gasteiger partial charge is 0.215 e. The minimum Gasteiger partial charge on any atom is -0.378 e. The van der Waals surface area contributed by atoms with Gasteiger partial charge in [0.05, 0.1) is 11.4 Å². The fourth-order valence-corrected chi connectivity index (χ4v) is 3.01. The van der Waals surface area contributed by atoms with Gasteiger partial charge in [-0.25, -0.2) is 13.1 Å². The van der Waals surface area contributed by atoms with E-state index in [0.29, 0.717) is 13.1 Å². The van der Waals surface area contributed by atoms with Crippen LogP contribution in [0.25, 0.3) is 0 Å². The predicted molar refractivity (Wildman–Crippen MR) is 68.5 cm³/mol. The lowest BCUT2D eigenvalue weighted by Crippen LogP contribution is -2.39. The highest BCUT2D eigenvalue weighted by atomic mass is 32.2. The molecule has 2 unspecified atom stereocenters. The summed E-state index contributed by atoms with van der Waals surface area (Å²) in [7, 11) is -1.44. The summed E-state index contributed by atoms with van der Waals surface area (Å²) in [5.74, 6) is 0. The Morgan fingerprint density at radius 1 is 1.41 bits per heavy atom. The molecule has 0 saturated carbocycles. The van der Waals surface area contributed by atoms with Crippen LogP contribution in [0.15, 0.2) is 0 Å². The summed E-state index contributed by atoms with van der Waals surface area (Å²) >= 11 is 0. The van der Waals surface area contributed by atoms with Crippen molar-refractivity contribution in [2.24, 2.45) is 0 Å². The first-order chi connectivity index (χ1) is 8.06. The molecule has 0 aromatic heterocycles. The zero-order valence-corrected chi connectivity index (χ0v) is 11.6. The van der Waals surface area contributed by atoms with E-state index in [4.69, 9.17) is 4.74 Å². The number of ether oxygens (including phenoxy) is 1. The van der Waals surface area contributed by atoms with E-state index in [1.165, 1.54) is 6.42 Å². The molecule has 0 aromatic rings. The number of hydrogen-bond acceptors (Lipinski definition) is 4. The second kappa shape index (κ2) is 7.31. The molecule has 0 amide bonds. The molecular formula is C11H24N2O3S. The van der Waals surface area contributed by atoms with Crippen LogP contribution in [0.4, 0.5) is 0 Å². The highest BCUT2D eigenvalue weighted by molar-refractivity contribution is 7.90. The van der Waals surface area contributed by atoms with E-state index in [-0.39, 0.29) is 6.10 Å². The largest absolute Gasteiger partial charge is 0.378 e. The highest BCUT2D eigenvalue weighted by Gasteiger charge is 2.20. The van der Waals surface area contributed by atoms with Crippen molar-refractivity contribution < 1.29 is 13.2 Å².